The normalized spacial score (nSPS) is 12.6. The molecule has 0 fully saturated rings. The first-order valence-corrected chi connectivity index (χ1v) is 6.61. The molecule has 1 heterocycles. The summed E-state index contributed by atoms with van der Waals surface area (Å²) < 4.78 is 0. The largest absolute Gasteiger partial charge is 0.387 e. The van der Waals surface area contributed by atoms with Gasteiger partial charge in [-0.2, -0.15) is 0 Å². The van der Waals surface area contributed by atoms with Crippen molar-refractivity contribution in [2.45, 2.75) is 19.6 Å². The third kappa shape index (κ3) is 3.66. The summed E-state index contributed by atoms with van der Waals surface area (Å²) in [7, 11) is 0. The highest BCUT2D eigenvalue weighted by Gasteiger charge is 2.06. The molecule has 3 heteroatoms. The second-order valence-electron chi connectivity index (χ2n) is 4.14. The molecule has 0 amide bonds. The van der Waals surface area contributed by atoms with E-state index in [4.69, 9.17) is 0 Å². The molecule has 17 heavy (non-hydrogen) atoms. The lowest BCUT2D eigenvalue weighted by Gasteiger charge is -2.12. The van der Waals surface area contributed by atoms with Crippen molar-refractivity contribution in [1.82, 2.24) is 5.32 Å². The SMILES string of the molecule is Cc1ccc(C(O)CNCc2cccs2)cc1. The molecule has 2 N–H and O–H groups in total. The van der Waals surface area contributed by atoms with E-state index in [0.29, 0.717) is 6.54 Å². The molecule has 2 nitrogen and oxygen atoms in total. The van der Waals surface area contributed by atoms with Gasteiger partial charge in [-0.1, -0.05) is 35.9 Å². The summed E-state index contributed by atoms with van der Waals surface area (Å²) in [4.78, 5) is 1.29. The Morgan fingerprint density at radius 2 is 2.00 bits per heavy atom. The Morgan fingerprint density at radius 1 is 1.24 bits per heavy atom. The van der Waals surface area contributed by atoms with E-state index < -0.39 is 6.10 Å². The van der Waals surface area contributed by atoms with E-state index in [1.807, 2.05) is 37.3 Å². The van der Waals surface area contributed by atoms with E-state index in [9.17, 15) is 5.11 Å². The second-order valence-corrected chi connectivity index (χ2v) is 5.17. The Kier molecular flexibility index (Phi) is 4.31. The van der Waals surface area contributed by atoms with Crippen LogP contribution in [-0.4, -0.2) is 11.7 Å². The summed E-state index contributed by atoms with van der Waals surface area (Å²) in [5.74, 6) is 0. The maximum atomic E-state index is 9.98. The predicted octanol–water partition coefficient (Wildman–Crippen LogP) is 2.88. The van der Waals surface area contributed by atoms with E-state index in [0.717, 1.165) is 12.1 Å². The van der Waals surface area contributed by atoms with Crippen molar-refractivity contribution < 1.29 is 5.11 Å². The van der Waals surface area contributed by atoms with Crippen LogP contribution in [0.3, 0.4) is 0 Å². The smallest absolute Gasteiger partial charge is 0.0914 e. The lowest BCUT2D eigenvalue weighted by atomic mass is 10.1. The Morgan fingerprint density at radius 3 is 2.65 bits per heavy atom. The molecular formula is C14H17NOS. The van der Waals surface area contributed by atoms with Gasteiger partial charge in [0.15, 0.2) is 0 Å². The summed E-state index contributed by atoms with van der Waals surface area (Å²) in [6, 6.07) is 12.1. The Labute approximate surface area is 106 Å². The highest BCUT2D eigenvalue weighted by Crippen LogP contribution is 2.13. The van der Waals surface area contributed by atoms with Crippen LogP contribution in [-0.2, 0) is 6.54 Å². The number of aryl methyl sites for hydroxylation is 1. The molecule has 0 saturated carbocycles. The third-order valence-corrected chi connectivity index (χ3v) is 3.56. The quantitative estimate of drug-likeness (QED) is 0.851. The minimum atomic E-state index is -0.435. The predicted molar refractivity (Wildman–Crippen MR) is 72.2 cm³/mol. The molecule has 0 spiro atoms. The van der Waals surface area contributed by atoms with Gasteiger partial charge in [0.1, 0.15) is 0 Å². The van der Waals surface area contributed by atoms with Gasteiger partial charge < -0.3 is 10.4 Å². The van der Waals surface area contributed by atoms with E-state index in [1.165, 1.54) is 10.4 Å². The first kappa shape index (κ1) is 12.3. The highest BCUT2D eigenvalue weighted by atomic mass is 32.1. The maximum Gasteiger partial charge on any atom is 0.0914 e. The van der Waals surface area contributed by atoms with Crippen LogP contribution in [0.1, 0.15) is 22.1 Å². The highest BCUT2D eigenvalue weighted by molar-refractivity contribution is 7.09. The van der Waals surface area contributed by atoms with Crippen LogP contribution in [0, 0.1) is 6.92 Å². The molecule has 0 aliphatic carbocycles. The lowest BCUT2D eigenvalue weighted by molar-refractivity contribution is 0.174. The fourth-order valence-corrected chi connectivity index (χ4v) is 2.33. The van der Waals surface area contributed by atoms with Crippen LogP contribution in [0.25, 0.3) is 0 Å². The van der Waals surface area contributed by atoms with Gasteiger partial charge in [0, 0.05) is 18.0 Å². The first-order chi connectivity index (χ1) is 8.25. The maximum absolute atomic E-state index is 9.98. The zero-order valence-corrected chi connectivity index (χ0v) is 10.7. The van der Waals surface area contributed by atoms with Crippen LogP contribution in [0.4, 0.5) is 0 Å². The molecule has 1 atom stereocenters. The first-order valence-electron chi connectivity index (χ1n) is 5.73. The number of hydrogen-bond acceptors (Lipinski definition) is 3. The fraction of sp³-hybridized carbons (Fsp3) is 0.286. The molecule has 90 valence electrons. The van der Waals surface area contributed by atoms with Gasteiger partial charge in [-0.15, -0.1) is 11.3 Å². The lowest BCUT2D eigenvalue weighted by Crippen LogP contribution is -2.20. The molecule has 0 bridgehead atoms. The van der Waals surface area contributed by atoms with Gasteiger partial charge in [-0.3, -0.25) is 0 Å². The van der Waals surface area contributed by atoms with Crippen LogP contribution >= 0.6 is 11.3 Å². The van der Waals surface area contributed by atoms with Crippen molar-refractivity contribution >= 4 is 11.3 Å². The number of rotatable bonds is 5. The standard InChI is InChI=1S/C14H17NOS/c1-11-4-6-12(7-5-11)14(16)10-15-9-13-3-2-8-17-13/h2-8,14-16H,9-10H2,1H3. The van der Waals surface area contributed by atoms with Crippen molar-refractivity contribution in [2.75, 3.05) is 6.54 Å². The Bertz CT molecular complexity index is 436. The van der Waals surface area contributed by atoms with Gasteiger partial charge in [0.25, 0.3) is 0 Å². The number of aliphatic hydroxyl groups is 1. The second kappa shape index (κ2) is 5.96. The molecular weight excluding hydrogens is 230 g/mol. The van der Waals surface area contributed by atoms with Crippen molar-refractivity contribution in [2.24, 2.45) is 0 Å². The number of nitrogens with one attached hydrogen (secondary N) is 1. The third-order valence-electron chi connectivity index (χ3n) is 2.68. The van der Waals surface area contributed by atoms with Gasteiger partial charge >= 0.3 is 0 Å². The summed E-state index contributed by atoms with van der Waals surface area (Å²) in [6.07, 6.45) is -0.435. The topological polar surface area (TPSA) is 32.3 Å². The van der Waals surface area contributed by atoms with Crippen LogP contribution < -0.4 is 5.32 Å². The van der Waals surface area contributed by atoms with Crippen molar-refractivity contribution in [3.63, 3.8) is 0 Å². The van der Waals surface area contributed by atoms with E-state index in [-0.39, 0.29) is 0 Å². The minimum absolute atomic E-state index is 0.435. The molecule has 0 radical (unpaired) electrons. The molecule has 2 aromatic rings. The zero-order chi connectivity index (χ0) is 12.1. The molecule has 2 rings (SSSR count). The Hall–Kier alpha value is -1.16. The van der Waals surface area contributed by atoms with Crippen LogP contribution in [0.2, 0.25) is 0 Å². The summed E-state index contributed by atoms with van der Waals surface area (Å²) in [5.41, 5.74) is 2.18. The van der Waals surface area contributed by atoms with Crippen molar-refractivity contribution in [3.05, 3.63) is 57.8 Å². The fourth-order valence-electron chi connectivity index (χ4n) is 1.65. The van der Waals surface area contributed by atoms with Crippen LogP contribution in [0.5, 0.6) is 0 Å². The van der Waals surface area contributed by atoms with Gasteiger partial charge in [-0.25, -0.2) is 0 Å². The van der Waals surface area contributed by atoms with E-state index >= 15 is 0 Å². The number of aliphatic hydroxyl groups excluding tert-OH is 1. The van der Waals surface area contributed by atoms with Crippen molar-refractivity contribution in [3.8, 4) is 0 Å². The van der Waals surface area contributed by atoms with E-state index in [2.05, 4.69) is 16.8 Å². The summed E-state index contributed by atoms with van der Waals surface area (Å²) >= 11 is 1.73. The number of thiophene rings is 1. The Balaban J connectivity index is 1.81. The monoisotopic (exact) mass is 247 g/mol. The van der Waals surface area contributed by atoms with Gasteiger partial charge in [-0.05, 0) is 23.9 Å². The number of benzene rings is 1. The van der Waals surface area contributed by atoms with E-state index in [1.54, 1.807) is 11.3 Å². The van der Waals surface area contributed by atoms with Gasteiger partial charge in [0.05, 0.1) is 6.10 Å². The zero-order valence-electron chi connectivity index (χ0n) is 9.89. The molecule has 0 aliphatic heterocycles. The summed E-state index contributed by atoms with van der Waals surface area (Å²) in [6.45, 7) is 3.45. The average molecular weight is 247 g/mol. The molecule has 1 aromatic carbocycles. The molecule has 1 aromatic heterocycles. The van der Waals surface area contributed by atoms with Gasteiger partial charge in [0.2, 0.25) is 0 Å². The molecule has 1 unspecified atom stereocenters. The minimum Gasteiger partial charge on any atom is -0.387 e. The summed E-state index contributed by atoms with van der Waals surface area (Å²) in [5, 5.41) is 15.3. The molecule has 0 saturated heterocycles. The molecule has 0 aliphatic rings. The average Bonchev–Trinajstić information content (AvgIpc) is 2.83. The van der Waals surface area contributed by atoms with Crippen molar-refractivity contribution in [1.29, 1.82) is 0 Å². The van der Waals surface area contributed by atoms with Crippen LogP contribution in [0.15, 0.2) is 41.8 Å². The number of hydrogen-bond donors (Lipinski definition) is 2.